The summed E-state index contributed by atoms with van der Waals surface area (Å²) < 4.78 is 6.32. The molecule has 2 aromatic rings. The smallest absolute Gasteiger partial charge is 0.324 e. The van der Waals surface area contributed by atoms with Gasteiger partial charge < -0.3 is 10.1 Å². The van der Waals surface area contributed by atoms with E-state index < -0.39 is 24.5 Å². The lowest BCUT2D eigenvalue weighted by atomic mass is 10.2. The van der Waals surface area contributed by atoms with Crippen LogP contribution in [0.3, 0.4) is 0 Å². The van der Waals surface area contributed by atoms with Crippen LogP contribution >= 0.6 is 0 Å². The van der Waals surface area contributed by atoms with Gasteiger partial charge in [0.05, 0.1) is 17.3 Å². The van der Waals surface area contributed by atoms with Crippen LogP contribution in [0, 0.1) is 0 Å². The van der Waals surface area contributed by atoms with Gasteiger partial charge in [-0.3, -0.25) is 23.9 Å². The SMILES string of the molecule is Cn1c(CCC(=O)OCC(=O)N2CCNC2=O)nc2ccccc2c1=O. The second-order valence-corrected chi connectivity index (χ2v) is 5.85. The number of amides is 3. The molecule has 2 heterocycles. The Kier molecular flexibility index (Phi) is 4.97. The highest BCUT2D eigenvalue weighted by Gasteiger charge is 2.26. The highest BCUT2D eigenvalue weighted by atomic mass is 16.5. The summed E-state index contributed by atoms with van der Waals surface area (Å²) in [5, 5.41) is 3.01. The van der Waals surface area contributed by atoms with E-state index >= 15 is 0 Å². The average Bonchev–Trinajstić information content (AvgIpc) is 3.07. The van der Waals surface area contributed by atoms with Gasteiger partial charge in [-0.05, 0) is 12.1 Å². The van der Waals surface area contributed by atoms with E-state index in [-0.39, 0.29) is 24.9 Å². The van der Waals surface area contributed by atoms with E-state index in [0.29, 0.717) is 23.3 Å². The molecule has 9 heteroatoms. The van der Waals surface area contributed by atoms with Crippen LogP contribution < -0.4 is 10.9 Å². The Morgan fingerprint density at radius 3 is 2.77 bits per heavy atom. The summed E-state index contributed by atoms with van der Waals surface area (Å²) in [6.07, 6.45) is 0.173. The molecule has 3 rings (SSSR count). The first-order valence-corrected chi connectivity index (χ1v) is 8.16. The Hall–Kier alpha value is -3.23. The third-order valence-electron chi connectivity index (χ3n) is 4.14. The van der Waals surface area contributed by atoms with Gasteiger partial charge in [-0.25, -0.2) is 9.78 Å². The fourth-order valence-corrected chi connectivity index (χ4v) is 2.70. The van der Waals surface area contributed by atoms with Crippen molar-refractivity contribution in [2.24, 2.45) is 7.05 Å². The third kappa shape index (κ3) is 3.56. The average molecular weight is 358 g/mol. The second-order valence-electron chi connectivity index (χ2n) is 5.85. The Bertz CT molecular complexity index is 936. The number of carbonyl (C=O) groups is 3. The van der Waals surface area contributed by atoms with Crippen LogP contribution in [0.1, 0.15) is 12.2 Å². The molecule has 26 heavy (non-hydrogen) atoms. The van der Waals surface area contributed by atoms with Crippen molar-refractivity contribution in [1.29, 1.82) is 0 Å². The molecule has 0 atom stereocenters. The molecule has 1 aromatic heterocycles. The summed E-state index contributed by atoms with van der Waals surface area (Å²) in [4.78, 5) is 52.7. The van der Waals surface area contributed by atoms with Crippen molar-refractivity contribution in [1.82, 2.24) is 19.8 Å². The van der Waals surface area contributed by atoms with Crippen molar-refractivity contribution in [2.45, 2.75) is 12.8 Å². The van der Waals surface area contributed by atoms with Gasteiger partial charge in [0.1, 0.15) is 5.82 Å². The number of esters is 1. The molecule has 0 saturated carbocycles. The van der Waals surface area contributed by atoms with Crippen LogP contribution in [0.2, 0.25) is 0 Å². The minimum absolute atomic E-state index is 0.0297. The molecule has 0 spiro atoms. The number of nitrogens with one attached hydrogen (secondary N) is 1. The fourth-order valence-electron chi connectivity index (χ4n) is 2.70. The summed E-state index contributed by atoms with van der Waals surface area (Å²) in [6, 6.07) is 6.50. The molecule has 0 bridgehead atoms. The lowest BCUT2D eigenvalue weighted by Gasteiger charge is -2.12. The fraction of sp³-hybridized carbons (Fsp3) is 0.353. The van der Waals surface area contributed by atoms with Crippen LogP contribution in [0.25, 0.3) is 10.9 Å². The molecule has 9 nitrogen and oxygen atoms in total. The second kappa shape index (κ2) is 7.34. The highest BCUT2D eigenvalue weighted by Crippen LogP contribution is 2.09. The summed E-state index contributed by atoms with van der Waals surface area (Å²) in [6.45, 7) is 0.162. The minimum Gasteiger partial charge on any atom is -0.456 e. The van der Waals surface area contributed by atoms with Crippen LogP contribution in [-0.2, 0) is 27.8 Å². The quantitative estimate of drug-likeness (QED) is 0.751. The zero-order valence-corrected chi connectivity index (χ0v) is 14.2. The number of para-hydroxylation sites is 1. The van der Waals surface area contributed by atoms with Gasteiger partial charge in [0, 0.05) is 26.6 Å². The van der Waals surface area contributed by atoms with E-state index in [4.69, 9.17) is 4.74 Å². The van der Waals surface area contributed by atoms with Gasteiger partial charge >= 0.3 is 12.0 Å². The topological polar surface area (TPSA) is 111 Å². The maximum atomic E-state index is 12.3. The van der Waals surface area contributed by atoms with Crippen LogP contribution in [0.4, 0.5) is 4.79 Å². The predicted octanol–water partition coefficient (Wildman–Crippen LogP) is -0.0389. The molecule has 0 unspecified atom stereocenters. The number of aromatic nitrogens is 2. The number of urea groups is 1. The van der Waals surface area contributed by atoms with Gasteiger partial charge in [0.25, 0.3) is 11.5 Å². The minimum atomic E-state index is -0.597. The van der Waals surface area contributed by atoms with Crippen molar-refractivity contribution >= 4 is 28.8 Å². The molecule has 1 N–H and O–H groups in total. The number of fused-ring (bicyclic) bond motifs is 1. The lowest BCUT2D eigenvalue weighted by molar-refractivity contribution is -0.150. The zero-order chi connectivity index (χ0) is 18.7. The number of rotatable bonds is 5. The van der Waals surface area contributed by atoms with Crippen LogP contribution in [0.15, 0.2) is 29.1 Å². The standard InChI is InChI=1S/C17H18N4O5/c1-20-13(19-12-5-3-2-4-11(12)16(20)24)6-7-15(23)26-10-14(22)21-9-8-18-17(21)25/h2-5H,6-10H2,1H3,(H,18,25). The number of aryl methyl sites for hydroxylation is 1. The molecule has 0 radical (unpaired) electrons. The first-order chi connectivity index (χ1) is 12.5. The van der Waals surface area contributed by atoms with Gasteiger partial charge in [0.2, 0.25) is 0 Å². The molecule has 1 fully saturated rings. The summed E-state index contributed by atoms with van der Waals surface area (Å²) >= 11 is 0. The summed E-state index contributed by atoms with van der Waals surface area (Å²) in [7, 11) is 1.60. The Morgan fingerprint density at radius 2 is 2.04 bits per heavy atom. The number of hydrogen-bond acceptors (Lipinski definition) is 6. The monoisotopic (exact) mass is 358 g/mol. The molecule has 0 aliphatic carbocycles. The van der Waals surface area contributed by atoms with Crippen LogP contribution in [0.5, 0.6) is 0 Å². The number of nitrogens with zero attached hydrogens (tertiary/aromatic N) is 3. The Labute approximate surface area is 148 Å². The first kappa shape index (κ1) is 17.6. The molecule has 1 aliphatic rings. The molecule has 136 valence electrons. The number of imide groups is 1. The molecule has 1 saturated heterocycles. The van der Waals surface area contributed by atoms with Gasteiger partial charge in [-0.2, -0.15) is 0 Å². The maximum Gasteiger partial charge on any atom is 0.324 e. The van der Waals surface area contributed by atoms with E-state index in [0.717, 1.165) is 4.90 Å². The van der Waals surface area contributed by atoms with E-state index in [2.05, 4.69) is 10.3 Å². The third-order valence-corrected chi connectivity index (χ3v) is 4.14. The predicted molar refractivity (Wildman–Crippen MR) is 91.4 cm³/mol. The van der Waals surface area contributed by atoms with Crippen molar-refractivity contribution in [3.63, 3.8) is 0 Å². The largest absolute Gasteiger partial charge is 0.456 e. The van der Waals surface area contributed by atoms with Crippen molar-refractivity contribution in [3.8, 4) is 0 Å². The van der Waals surface area contributed by atoms with E-state index in [1.54, 1.807) is 31.3 Å². The Morgan fingerprint density at radius 1 is 1.27 bits per heavy atom. The summed E-state index contributed by atoms with van der Waals surface area (Å²) in [5.74, 6) is -0.708. The van der Waals surface area contributed by atoms with Crippen molar-refractivity contribution < 1.29 is 19.1 Å². The molecular formula is C17H18N4O5. The highest BCUT2D eigenvalue weighted by molar-refractivity contribution is 5.96. The van der Waals surface area contributed by atoms with E-state index in [9.17, 15) is 19.2 Å². The van der Waals surface area contributed by atoms with E-state index in [1.807, 2.05) is 0 Å². The Balaban J connectivity index is 1.59. The van der Waals surface area contributed by atoms with Crippen LogP contribution in [-0.4, -0.2) is 52.1 Å². The zero-order valence-electron chi connectivity index (χ0n) is 14.2. The van der Waals surface area contributed by atoms with E-state index in [1.165, 1.54) is 4.57 Å². The first-order valence-electron chi connectivity index (χ1n) is 8.16. The lowest BCUT2D eigenvalue weighted by Crippen LogP contribution is -2.37. The van der Waals surface area contributed by atoms with Gasteiger partial charge in [-0.1, -0.05) is 12.1 Å². The molecule has 1 aliphatic heterocycles. The summed E-state index contributed by atoms with van der Waals surface area (Å²) in [5.41, 5.74) is 0.378. The van der Waals surface area contributed by atoms with Gasteiger partial charge in [-0.15, -0.1) is 0 Å². The number of carbonyl (C=O) groups excluding carboxylic acids is 3. The molecule has 1 aromatic carbocycles. The van der Waals surface area contributed by atoms with Crippen molar-refractivity contribution in [2.75, 3.05) is 19.7 Å². The number of ether oxygens (including phenoxy) is 1. The maximum absolute atomic E-state index is 12.3. The number of benzene rings is 1. The molecular weight excluding hydrogens is 340 g/mol. The number of hydrogen-bond donors (Lipinski definition) is 1. The van der Waals surface area contributed by atoms with Crippen molar-refractivity contribution in [3.05, 3.63) is 40.4 Å². The van der Waals surface area contributed by atoms with Gasteiger partial charge in [0.15, 0.2) is 6.61 Å². The normalized spacial score (nSPS) is 13.7. The molecule has 3 amide bonds.